The second kappa shape index (κ2) is 5.26. The summed E-state index contributed by atoms with van der Waals surface area (Å²) in [5, 5.41) is 0. The molecule has 0 spiro atoms. The van der Waals surface area contributed by atoms with E-state index in [1.807, 2.05) is 0 Å². The van der Waals surface area contributed by atoms with E-state index in [1.165, 1.54) is 38.5 Å². The van der Waals surface area contributed by atoms with Crippen molar-refractivity contribution in [1.29, 1.82) is 0 Å². The first-order valence-corrected chi connectivity index (χ1v) is 6.35. The van der Waals surface area contributed by atoms with Crippen LogP contribution in [0.4, 0.5) is 0 Å². The van der Waals surface area contributed by atoms with Crippen LogP contribution >= 0.6 is 15.9 Å². The third-order valence-corrected chi connectivity index (χ3v) is 4.41. The predicted octanol–water partition coefficient (Wildman–Crippen LogP) is 4.38. The van der Waals surface area contributed by atoms with Crippen molar-refractivity contribution in [2.75, 3.05) is 0 Å². The minimum absolute atomic E-state index is 0.801. The SMILES string of the molecule is CCCC(Br)C1CCCC1CC. The van der Waals surface area contributed by atoms with Gasteiger partial charge < -0.3 is 0 Å². The molecule has 1 aliphatic carbocycles. The summed E-state index contributed by atoms with van der Waals surface area (Å²) in [5.74, 6) is 2.00. The molecule has 0 nitrogen and oxygen atoms in total. The molecule has 0 radical (unpaired) electrons. The van der Waals surface area contributed by atoms with Crippen LogP contribution in [0.5, 0.6) is 0 Å². The fraction of sp³-hybridized carbons (Fsp3) is 1.00. The van der Waals surface area contributed by atoms with E-state index in [4.69, 9.17) is 0 Å². The third-order valence-electron chi connectivity index (χ3n) is 3.27. The molecule has 0 bridgehead atoms. The molecule has 0 amide bonds. The third kappa shape index (κ3) is 2.48. The number of alkyl halides is 1. The highest BCUT2D eigenvalue weighted by molar-refractivity contribution is 9.09. The number of halogens is 1. The van der Waals surface area contributed by atoms with E-state index in [0.717, 1.165) is 16.7 Å². The van der Waals surface area contributed by atoms with E-state index in [0.29, 0.717) is 0 Å². The molecule has 0 heterocycles. The monoisotopic (exact) mass is 232 g/mol. The average Bonchev–Trinajstić information content (AvgIpc) is 2.51. The Morgan fingerprint density at radius 3 is 2.67 bits per heavy atom. The summed E-state index contributed by atoms with van der Waals surface area (Å²) in [6, 6.07) is 0. The van der Waals surface area contributed by atoms with E-state index in [2.05, 4.69) is 29.8 Å². The average molecular weight is 233 g/mol. The summed E-state index contributed by atoms with van der Waals surface area (Å²) in [5.41, 5.74) is 0. The van der Waals surface area contributed by atoms with Crippen LogP contribution in [0.15, 0.2) is 0 Å². The summed E-state index contributed by atoms with van der Waals surface area (Å²) in [7, 11) is 0. The van der Waals surface area contributed by atoms with Gasteiger partial charge in [-0.3, -0.25) is 0 Å². The molecule has 0 aliphatic heterocycles. The zero-order chi connectivity index (χ0) is 8.97. The molecule has 0 aromatic heterocycles. The molecular weight excluding hydrogens is 212 g/mol. The van der Waals surface area contributed by atoms with Crippen LogP contribution in [-0.4, -0.2) is 4.83 Å². The summed E-state index contributed by atoms with van der Waals surface area (Å²) in [6.07, 6.45) is 8.48. The van der Waals surface area contributed by atoms with Crippen molar-refractivity contribution < 1.29 is 0 Å². The van der Waals surface area contributed by atoms with Crippen molar-refractivity contribution in [2.45, 2.75) is 57.2 Å². The summed E-state index contributed by atoms with van der Waals surface area (Å²) in [6.45, 7) is 4.62. The van der Waals surface area contributed by atoms with Crippen molar-refractivity contribution in [1.82, 2.24) is 0 Å². The highest BCUT2D eigenvalue weighted by Crippen LogP contribution is 2.40. The van der Waals surface area contributed by atoms with Crippen molar-refractivity contribution in [3.8, 4) is 0 Å². The van der Waals surface area contributed by atoms with E-state index in [1.54, 1.807) is 0 Å². The van der Waals surface area contributed by atoms with Crippen molar-refractivity contribution in [3.63, 3.8) is 0 Å². The van der Waals surface area contributed by atoms with Crippen LogP contribution in [0.25, 0.3) is 0 Å². The maximum Gasteiger partial charge on any atom is 0.0176 e. The normalized spacial score (nSPS) is 32.2. The zero-order valence-electron chi connectivity index (χ0n) is 8.35. The number of hydrogen-bond donors (Lipinski definition) is 0. The molecule has 3 atom stereocenters. The first-order chi connectivity index (χ1) is 5.79. The number of rotatable bonds is 4. The Hall–Kier alpha value is 0.480. The fourth-order valence-electron chi connectivity index (χ4n) is 2.54. The fourth-order valence-corrected chi connectivity index (χ4v) is 3.69. The van der Waals surface area contributed by atoms with Gasteiger partial charge in [0.15, 0.2) is 0 Å². The molecule has 1 fully saturated rings. The standard InChI is InChI=1S/C11H21Br/c1-3-6-11(12)10-8-5-7-9(10)4-2/h9-11H,3-8H2,1-2H3. The highest BCUT2D eigenvalue weighted by atomic mass is 79.9. The Bertz CT molecular complexity index is 122. The zero-order valence-corrected chi connectivity index (χ0v) is 9.94. The minimum atomic E-state index is 0.801. The molecule has 1 aliphatic rings. The molecule has 0 N–H and O–H groups in total. The van der Waals surface area contributed by atoms with Crippen LogP contribution in [0, 0.1) is 11.8 Å². The predicted molar refractivity (Wildman–Crippen MR) is 58.7 cm³/mol. The van der Waals surface area contributed by atoms with Crippen LogP contribution in [-0.2, 0) is 0 Å². The molecule has 12 heavy (non-hydrogen) atoms. The second-order valence-corrected chi connectivity index (χ2v) is 5.24. The lowest BCUT2D eigenvalue weighted by molar-refractivity contribution is 0.359. The van der Waals surface area contributed by atoms with Gasteiger partial charge in [-0.2, -0.15) is 0 Å². The first-order valence-electron chi connectivity index (χ1n) is 5.43. The molecule has 0 saturated heterocycles. The lowest BCUT2D eigenvalue weighted by Crippen LogP contribution is -2.18. The Morgan fingerprint density at radius 1 is 1.33 bits per heavy atom. The molecular formula is C11H21Br. The summed E-state index contributed by atoms with van der Waals surface area (Å²) < 4.78 is 0. The molecule has 0 aromatic rings. The van der Waals surface area contributed by atoms with Gasteiger partial charge in [0.05, 0.1) is 0 Å². The van der Waals surface area contributed by atoms with Gasteiger partial charge in [0.1, 0.15) is 0 Å². The van der Waals surface area contributed by atoms with Crippen LogP contribution in [0.3, 0.4) is 0 Å². The minimum Gasteiger partial charge on any atom is -0.0888 e. The van der Waals surface area contributed by atoms with Crippen LogP contribution < -0.4 is 0 Å². The van der Waals surface area contributed by atoms with Crippen molar-refractivity contribution in [3.05, 3.63) is 0 Å². The van der Waals surface area contributed by atoms with Gasteiger partial charge in [0.25, 0.3) is 0 Å². The van der Waals surface area contributed by atoms with E-state index < -0.39 is 0 Å². The Balaban J connectivity index is 2.38. The van der Waals surface area contributed by atoms with Crippen LogP contribution in [0.1, 0.15) is 52.4 Å². The van der Waals surface area contributed by atoms with E-state index in [-0.39, 0.29) is 0 Å². The van der Waals surface area contributed by atoms with Gasteiger partial charge in [-0.1, -0.05) is 55.5 Å². The molecule has 1 saturated carbocycles. The molecule has 3 unspecified atom stereocenters. The van der Waals surface area contributed by atoms with Gasteiger partial charge in [-0.25, -0.2) is 0 Å². The summed E-state index contributed by atoms with van der Waals surface area (Å²) >= 11 is 3.85. The molecule has 0 aromatic carbocycles. The second-order valence-electron chi connectivity index (χ2n) is 4.07. The van der Waals surface area contributed by atoms with Crippen molar-refractivity contribution in [2.24, 2.45) is 11.8 Å². The summed E-state index contributed by atoms with van der Waals surface area (Å²) in [4.78, 5) is 0.801. The maximum absolute atomic E-state index is 3.85. The lowest BCUT2D eigenvalue weighted by Gasteiger charge is -2.23. The van der Waals surface area contributed by atoms with Crippen LogP contribution in [0.2, 0.25) is 0 Å². The lowest BCUT2D eigenvalue weighted by atomic mass is 9.89. The van der Waals surface area contributed by atoms with Gasteiger partial charge in [0.2, 0.25) is 0 Å². The maximum atomic E-state index is 3.85. The quantitative estimate of drug-likeness (QED) is 0.632. The van der Waals surface area contributed by atoms with Crippen molar-refractivity contribution >= 4 is 15.9 Å². The molecule has 72 valence electrons. The Kier molecular flexibility index (Phi) is 4.63. The smallest absolute Gasteiger partial charge is 0.0176 e. The van der Waals surface area contributed by atoms with E-state index in [9.17, 15) is 0 Å². The van der Waals surface area contributed by atoms with Gasteiger partial charge in [-0.05, 0) is 24.7 Å². The topological polar surface area (TPSA) is 0 Å². The molecule has 1 rings (SSSR count). The van der Waals surface area contributed by atoms with E-state index >= 15 is 0 Å². The Labute approximate surface area is 85.3 Å². The first kappa shape index (κ1) is 10.6. The van der Waals surface area contributed by atoms with Gasteiger partial charge in [-0.15, -0.1) is 0 Å². The number of hydrogen-bond acceptors (Lipinski definition) is 0. The van der Waals surface area contributed by atoms with Gasteiger partial charge in [0, 0.05) is 4.83 Å². The largest absolute Gasteiger partial charge is 0.0888 e. The molecule has 1 heteroatoms. The highest BCUT2D eigenvalue weighted by Gasteiger charge is 2.30. The van der Waals surface area contributed by atoms with Gasteiger partial charge >= 0.3 is 0 Å². The Morgan fingerprint density at radius 2 is 2.08 bits per heavy atom.